The van der Waals surface area contributed by atoms with Crippen LogP contribution < -0.4 is 0 Å². The van der Waals surface area contributed by atoms with Crippen molar-refractivity contribution in [1.82, 2.24) is 14.7 Å². The molecule has 1 aromatic rings. The fraction of sp³-hybridized carbons (Fsp3) is 0.667. The van der Waals surface area contributed by atoms with Crippen LogP contribution in [0.1, 0.15) is 35.8 Å². The number of rotatable bonds is 8. The number of carboxylic acid groups (broad SMARTS) is 1. The zero-order chi connectivity index (χ0) is 13.5. The molecule has 0 atom stereocenters. The Hall–Kier alpha value is -1.40. The lowest BCUT2D eigenvalue weighted by Gasteiger charge is -2.21. The van der Waals surface area contributed by atoms with Gasteiger partial charge in [0.05, 0.1) is 18.5 Å². The van der Waals surface area contributed by atoms with Crippen LogP contribution in [0.5, 0.6) is 0 Å². The summed E-state index contributed by atoms with van der Waals surface area (Å²) in [6.45, 7) is 4.07. The summed E-state index contributed by atoms with van der Waals surface area (Å²) in [5.41, 5.74) is 0.906. The van der Waals surface area contributed by atoms with Crippen molar-refractivity contribution < 1.29 is 15.0 Å². The van der Waals surface area contributed by atoms with Crippen LogP contribution in [0.25, 0.3) is 0 Å². The molecule has 2 N–H and O–H groups in total. The van der Waals surface area contributed by atoms with Crippen molar-refractivity contribution in [1.29, 1.82) is 0 Å². The molecule has 0 saturated carbocycles. The molecule has 18 heavy (non-hydrogen) atoms. The second-order valence-electron chi connectivity index (χ2n) is 4.29. The number of hydrogen-bond donors (Lipinski definition) is 2. The highest BCUT2D eigenvalue weighted by Gasteiger charge is 2.17. The van der Waals surface area contributed by atoms with Crippen molar-refractivity contribution in [2.45, 2.75) is 26.3 Å². The maximum atomic E-state index is 11.1. The van der Waals surface area contributed by atoms with E-state index < -0.39 is 5.97 Å². The molecule has 1 heterocycles. The molecule has 0 aromatic carbocycles. The summed E-state index contributed by atoms with van der Waals surface area (Å²) >= 11 is 0. The van der Waals surface area contributed by atoms with Crippen molar-refractivity contribution in [2.75, 3.05) is 19.7 Å². The van der Waals surface area contributed by atoms with Gasteiger partial charge in [0.2, 0.25) is 0 Å². The van der Waals surface area contributed by atoms with E-state index in [4.69, 9.17) is 10.2 Å². The summed E-state index contributed by atoms with van der Waals surface area (Å²) in [5, 5.41) is 22.1. The Kier molecular flexibility index (Phi) is 5.80. The first-order valence-electron chi connectivity index (χ1n) is 6.17. The number of carbonyl (C=O) groups is 1. The third-order valence-electron chi connectivity index (χ3n) is 2.91. The lowest BCUT2D eigenvalue weighted by atomic mass is 10.2. The topological polar surface area (TPSA) is 78.6 Å². The van der Waals surface area contributed by atoms with Crippen molar-refractivity contribution in [3.05, 3.63) is 17.5 Å². The van der Waals surface area contributed by atoms with Crippen LogP contribution in [-0.4, -0.2) is 50.6 Å². The van der Waals surface area contributed by atoms with Crippen molar-refractivity contribution in [2.24, 2.45) is 7.05 Å². The number of aryl methyl sites for hydroxylation is 1. The van der Waals surface area contributed by atoms with Gasteiger partial charge in [0, 0.05) is 20.1 Å². The second kappa shape index (κ2) is 7.13. The first kappa shape index (κ1) is 14.7. The van der Waals surface area contributed by atoms with E-state index in [1.807, 2.05) is 4.90 Å². The van der Waals surface area contributed by atoms with Crippen LogP contribution in [0.15, 0.2) is 6.20 Å². The molecule has 0 aliphatic rings. The Morgan fingerprint density at radius 1 is 1.50 bits per heavy atom. The van der Waals surface area contributed by atoms with Gasteiger partial charge in [-0.2, -0.15) is 5.10 Å². The number of carboxylic acids is 1. The standard InChI is InChI=1S/C12H21N3O3/c1-3-4-5-15(6-7-16)9-11-10(12(17)18)8-13-14(11)2/h8,16H,3-7,9H2,1-2H3,(H,17,18). The minimum Gasteiger partial charge on any atom is -0.478 e. The van der Waals surface area contributed by atoms with E-state index in [2.05, 4.69) is 12.0 Å². The van der Waals surface area contributed by atoms with Gasteiger partial charge in [0.25, 0.3) is 0 Å². The molecule has 0 saturated heterocycles. The van der Waals surface area contributed by atoms with E-state index in [9.17, 15) is 4.79 Å². The molecule has 6 nitrogen and oxygen atoms in total. The molecule has 102 valence electrons. The Morgan fingerprint density at radius 3 is 2.78 bits per heavy atom. The largest absolute Gasteiger partial charge is 0.478 e. The monoisotopic (exact) mass is 255 g/mol. The highest BCUT2D eigenvalue weighted by molar-refractivity contribution is 5.88. The van der Waals surface area contributed by atoms with Gasteiger partial charge < -0.3 is 10.2 Å². The third-order valence-corrected chi connectivity index (χ3v) is 2.91. The number of hydrogen-bond acceptors (Lipinski definition) is 4. The van der Waals surface area contributed by atoms with Crippen LogP contribution in [-0.2, 0) is 13.6 Å². The van der Waals surface area contributed by atoms with Crippen LogP contribution in [0.4, 0.5) is 0 Å². The first-order valence-corrected chi connectivity index (χ1v) is 6.17. The molecule has 0 bridgehead atoms. The second-order valence-corrected chi connectivity index (χ2v) is 4.29. The van der Waals surface area contributed by atoms with Gasteiger partial charge in [-0.1, -0.05) is 13.3 Å². The normalized spacial score (nSPS) is 11.1. The van der Waals surface area contributed by atoms with Crippen molar-refractivity contribution in [3.8, 4) is 0 Å². The van der Waals surface area contributed by atoms with E-state index in [0.717, 1.165) is 19.4 Å². The molecule has 0 amide bonds. The van der Waals surface area contributed by atoms with Crippen molar-refractivity contribution in [3.63, 3.8) is 0 Å². The lowest BCUT2D eigenvalue weighted by Crippen LogP contribution is -2.29. The Labute approximate surface area is 107 Å². The molecule has 0 radical (unpaired) electrons. The molecule has 6 heteroatoms. The summed E-state index contributed by atoms with van der Waals surface area (Å²) in [7, 11) is 1.73. The summed E-state index contributed by atoms with van der Waals surface area (Å²) in [5.74, 6) is -0.961. The van der Waals surface area contributed by atoms with Gasteiger partial charge >= 0.3 is 5.97 Å². The molecule has 0 unspecified atom stereocenters. The van der Waals surface area contributed by atoms with E-state index >= 15 is 0 Å². The SMILES string of the molecule is CCCCN(CCO)Cc1c(C(=O)O)cnn1C. The molecular weight excluding hydrogens is 234 g/mol. The fourth-order valence-corrected chi connectivity index (χ4v) is 1.83. The molecule has 1 rings (SSSR count). The minimum absolute atomic E-state index is 0.0734. The van der Waals surface area contributed by atoms with Gasteiger partial charge in [-0.05, 0) is 13.0 Å². The smallest absolute Gasteiger partial charge is 0.339 e. The highest BCUT2D eigenvalue weighted by Crippen LogP contribution is 2.11. The average Bonchev–Trinajstić information content (AvgIpc) is 2.68. The predicted molar refractivity (Wildman–Crippen MR) is 67.4 cm³/mol. The van der Waals surface area contributed by atoms with Gasteiger partial charge in [-0.15, -0.1) is 0 Å². The molecule has 0 spiro atoms. The van der Waals surface area contributed by atoms with Gasteiger partial charge in [0.15, 0.2) is 0 Å². The fourth-order valence-electron chi connectivity index (χ4n) is 1.83. The summed E-state index contributed by atoms with van der Waals surface area (Å²) < 4.78 is 1.58. The number of aromatic nitrogens is 2. The van der Waals surface area contributed by atoms with Gasteiger partial charge in [-0.25, -0.2) is 4.79 Å². The number of aromatic carboxylic acids is 1. The zero-order valence-corrected chi connectivity index (χ0v) is 11.0. The summed E-state index contributed by atoms with van der Waals surface area (Å²) in [6.07, 6.45) is 3.47. The average molecular weight is 255 g/mol. The van der Waals surface area contributed by atoms with E-state index in [0.29, 0.717) is 18.8 Å². The number of aliphatic hydroxyl groups is 1. The van der Waals surface area contributed by atoms with Crippen LogP contribution in [0.2, 0.25) is 0 Å². The Balaban J connectivity index is 2.78. The van der Waals surface area contributed by atoms with Gasteiger partial charge in [-0.3, -0.25) is 9.58 Å². The minimum atomic E-state index is -0.961. The molecule has 0 aliphatic carbocycles. The predicted octanol–water partition coefficient (Wildman–Crippen LogP) is 0.713. The zero-order valence-electron chi connectivity index (χ0n) is 11.0. The van der Waals surface area contributed by atoms with E-state index in [1.54, 1.807) is 11.7 Å². The molecule has 1 aromatic heterocycles. The maximum Gasteiger partial charge on any atom is 0.339 e. The molecular formula is C12H21N3O3. The molecule has 0 fully saturated rings. The maximum absolute atomic E-state index is 11.1. The first-order chi connectivity index (χ1) is 8.60. The van der Waals surface area contributed by atoms with E-state index in [1.165, 1.54) is 6.20 Å². The highest BCUT2D eigenvalue weighted by atomic mass is 16.4. The number of nitrogens with zero attached hydrogens (tertiary/aromatic N) is 3. The Bertz CT molecular complexity index is 390. The summed E-state index contributed by atoms with van der Waals surface area (Å²) in [4.78, 5) is 13.1. The molecule has 0 aliphatic heterocycles. The third kappa shape index (κ3) is 3.82. The van der Waals surface area contributed by atoms with Crippen molar-refractivity contribution >= 4 is 5.97 Å². The quantitative estimate of drug-likeness (QED) is 0.715. The number of aliphatic hydroxyl groups excluding tert-OH is 1. The lowest BCUT2D eigenvalue weighted by molar-refractivity contribution is 0.0694. The number of unbranched alkanes of at least 4 members (excludes halogenated alkanes) is 1. The Morgan fingerprint density at radius 2 is 2.22 bits per heavy atom. The van der Waals surface area contributed by atoms with E-state index in [-0.39, 0.29) is 12.2 Å². The van der Waals surface area contributed by atoms with Gasteiger partial charge in [0.1, 0.15) is 5.56 Å². The van der Waals surface area contributed by atoms with Crippen LogP contribution in [0.3, 0.4) is 0 Å². The van der Waals surface area contributed by atoms with Crippen LogP contribution in [0, 0.1) is 0 Å². The summed E-state index contributed by atoms with van der Waals surface area (Å²) in [6, 6.07) is 0. The van der Waals surface area contributed by atoms with Crippen LogP contribution >= 0.6 is 0 Å².